The SMILES string of the molecule is NC(=O)C1CCN(C(=O)COc2ccc3c(c2)OCO3)CC1. The zero-order valence-electron chi connectivity index (χ0n) is 12.1. The van der Waals surface area contributed by atoms with Gasteiger partial charge in [-0.25, -0.2) is 0 Å². The van der Waals surface area contributed by atoms with Crippen molar-refractivity contribution in [2.45, 2.75) is 12.8 Å². The second-order valence-corrected chi connectivity index (χ2v) is 5.36. The third kappa shape index (κ3) is 3.08. The quantitative estimate of drug-likeness (QED) is 0.875. The van der Waals surface area contributed by atoms with Crippen molar-refractivity contribution in [3.8, 4) is 17.2 Å². The van der Waals surface area contributed by atoms with E-state index in [0.29, 0.717) is 43.2 Å². The van der Waals surface area contributed by atoms with Gasteiger partial charge in [0, 0.05) is 25.1 Å². The van der Waals surface area contributed by atoms with Crippen LogP contribution < -0.4 is 19.9 Å². The normalized spacial score (nSPS) is 17.4. The zero-order chi connectivity index (χ0) is 15.5. The Balaban J connectivity index is 1.49. The van der Waals surface area contributed by atoms with Gasteiger partial charge in [0.1, 0.15) is 5.75 Å². The van der Waals surface area contributed by atoms with Crippen molar-refractivity contribution in [3.05, 3.63) is 18.2 Å². The molecule has 2 aliphatic heterocycles. The Kier molecular flexibility index (Phi) is 4.04. The van der Waals surface area contributed by atoms with E-state index in [1.165, 1.54) is 0 Å². The van der Waals surface area contributed by atoms with Gasteiger partial charge in [0.2, 0.25) is 12.7 Å². The summed E-state index contributed by atoms with van der Waals surface area (Å²) >= 11 is 0. The summed E-state index contributed by atoms with van der Waals surface area (Å²) < 4.78 is 16.0. The number of hydrogen-bond acceptors (Lipinski definition) is 5. The first-order valence-electron chi connectivity index (χ1n) is 7.23. The van der Waals surface area contributed by atoms with E-state index < -0.39 is 0 Å². The monoisotopic (exact) mass is 306 g/mol. The van der Waals surface area contributed by atoms with Gasteiger partial charge in [-0.3, -0.25) is 9.59 Å². The number of hydrogen-bond donors (Lipinski definition) is 1. The largest absolute Gasteiger partial charge is 0.484 e. The van der Waals surface area contributed by atoms with Gasteiger partial charge in [0.15, 0.2) is 18.1 Å². The molecule has 0 unspecified atom stereocenters. The number of ether oxygens (including phenoxy) is 3. The van der Waals surface area contributed by atoms with Gasteiger partial charge in [-0.15, -0.1) is 0 Å². The Morgan fingerprint density at radius 1 is 1.23 bits per heavy atom. The van der Waals surface area contributed by atoms with Crippen LogP contribution in [0.5, 0.6) is 17.2 Å². The summed E-state index contributed by atoms with van der Waals surface area (Å²) in [4.78, 5) is 24.9. The molecule has 22 heavy (non-hydrogen) atoms. The van der Waals surface area contributed by atoms with Crippen molar-refractivity contribution in [3.63, 3.8) is 0 Å². The van der Waals surface area contributed by atoms with E-state index in [1.807, 2.05) is 0 Å². The summed E-state index contributed by atoms with van der Waals surface area (Å²) in [6.07, 6.45) is 1.23. The van der Waals surface area contributed by atoms with E-state index in [1.54, 1.807) is 23.1 Å². The highest BCUT2D eigenvalue weighted by atomic mass is 16.7. The van der Waals surface area contributed by atoms with Crippen LogP contribution in [0, 0.1) is 5.92 Å². The van der Waals surface area contributed by atoms with Crippen molar-refractivity contribution in [2.75, 3.05) is 26.5 Å². The highest BCUT2D eigenvalue weighted by Gasteiger charge is 2.26. The number of nitrogens with two attached hydrogens (primary N) is 1. The molecule has 2 aliphatic rings. The van der Waals surface area contributed by atoms with Crippen LogP contribution in [-0.4, -0.2) is 43.2 Å². The number of fused-ring (bicyclic) bond motifs is 1. The molecule has 3 rings (SSSR count). The number of benzene rings is 1. The van der Waals surface area contributed by atoms with Gasteiger partial charge in [0.05, 0.1) is 0 Å². The Morgan fingerprint density at radius 2 is 1.95 bits per heavy atom. The molecule has 1 fully saturated rings. The lowest BCUT2D eigenvalue weighted by Gasteiger charge is -2.30. The van der Waals surface area contributed by atoms with Gasteiger partial charge in [-0.05, 0) is 25.0 Å². The number of amides is 2. The Morgan fingerprint density at radius 3 is 2.68 bits per heavy atom. The molecular weight excluding hydrogens is 288 g/mol. The van der Waals surface area contributed by atoms with E-state index in [2.05, 4.69) is 0 Å². The molecule has 1 aromatic carbocycles. The highest BCUT2D eigenvalue weighted by molar-refractivity contribution is 5.79. The van der Waals surface area contributed by atoms with E-state index in [9.17, 15) is 9.59 Å². The minimum atomic E-state index is -0.288. The molecule has 2 heterocycles. The summed E-state index contributed by atoms with van der Waals surface area (Å²) in [5.74, 6) is 1.34. The molecule has 1 saturated heterocycles. The average Bonchev–Trinajstić information content (AvgIpc) is 3.00. The van der Waals surface area contributed by atoms with Crippen LogP contribution in [0.15, 0.2) is 18.2 Å². The zero-order valence-corrected chi connectivity index (χ0v) is 12.1. The topological polar surface area (TPSA) is 91.1 Å². The fraction of sp³-hybridized carbons (Fsp3) is 0.467. The number of nitrogens with zero attached hydrogens (tertiary/aromatic N) is 1. The molecule has 7 heteroatoms. The molecule has 0 atom stereocenters. The molecule has 2 amide bonds. The van der Waals surface area contributed by atoms with Crippen LogP contribution in [0.25, 0.3) is 0 Å². The predicted molar refractivity (Wildman–Crippen MR) is 76.6 cm³/mol. The molecule has 0 radical (unpaired) electrons. The molecule has 0 aliphatic carbocycles. The number of primary amides is 1. The molecule has 0 aromatic heterocycles. The van der Waals surface area contributed by atoms with Crippen LogP contribution in [0.3, 0.4) is 0 Å². The van der Waals surface area contributed by atoms with Gasteiger partial charge in [-0.1, -0.05) is 0 Å². The number of carbonyl (C=O) groups is 2. The first-order chi connectivity index (χ1) is 10.6. The number of carbonyl (C=O) groups excluding carboxylic acids is 2. The van der Waals surface area contributed by atoms with Crippen LogP contribution in [0.1, 0.15) is 12.8 Å². The van der Waals surface area contributed by atoms with Crippen LogP contribution in [0.4, 0.5) is 0 Å². The van der Waals surface area contributed by atoms with Crippen molar-refractivity contribution < 1.29 is 23.8 Å². The summed E-state index contributed by atoms with van der Waals surface area (Å²) in [6, 6.07) is 5.19. The standard InChI is InChI=1S/C15H18N2O5/c16-15(19)10-3-5-17(6-4-10)14(18)8-20-11-1-2-12-13(7-11)22-9-21-12/h1-2,7,10H,3-6,8-9H2,(H2,16,19). The fourth-order valence-electron chi connectivity index (χ4n) is 2.62. The summed E-state index contributed by atoms with van der Waals surface area (Å²) in [5.41, 5.74) is 5.28. The van der Waals surface area contributed by atoms with E-state index in [4.69, 9.17) is 19.9 Å². The maximum atomic E-state index is 12.1. The summed E-state index contributed by atoms with van der Waals surface area (Å²) in [6.45, 7) is 1.24. The molecule has 0 spiro atoms. The van der Waals surface area contributed by atoms with Crippen LogP contribution >= 0.6 is 0 Å². The number of piperidine rings is 1. The first kappa shape index (κ1) is 14.5. The van der Waals surface area contributed by atoms with Gasteiger partial charge >= 0.3 is 0 Å². The molecule has 7 nitrogen and oxygen atoms in total. The van der Waals surface area contributed by atoms with Gasteiger partial charge < -0.3 is 24.8 Å². The van der Waals surface area contributed by atoms with Crippen LogP contribution in [-0.2, 0) is 9.59 Å². The van der Waals surface area contributed by atoms with Gasteiger partial charge in [-0.2, -0.15) is 0 Å². The molecule has 2 N–H and O–H groups in total. The third-order valence-corrected chi connectivity index (χ3v) is 3.96. The molecule has 1 aromatic rings. The third-order valence-electron chi connectivity index (χ3n) is 3.96. The maximum Gasteiger partial charge on any atom is 0.260 e. The molecule has 0 bridgehead atoms. The first-order valence-corrected chi connectivity index (χ1v) is 7.23. The maximum absolute atomic E-state index is 12.1. The second kappa shape index (κ2) is 6.13. The predicted octanol–water partition coefficient (Wildman–Crippen LogP) is 0.518. The number of rotatable bonds is 4. The molecule has 0 saturated carbocycles. The Hall–Kier alpha value is -2.44. The second-order valence-electron chi connectivity index (χ2n) is 5.36. The molecule has 118 valence electrons. The van der Waals surface area contributed by atoms with Crippen molar-refractivity contribution >= 4 is 11.8 Å². The van der Waals surface area contributed by atoms with E-state index in [0.717, 1.165) is 0 Å². The highest BCUT2D eigenvalue weighted by Crippen LogP contribution is 2.35. The van der Waals surface area contributed by atoms with Crippen LogP contribution in [0.2, 0.25) is 0 Å². The number of likely N-dealkylation sites (tertiary alicyclic amines) is 1. The smallest absolute Gasteiger partial charge is 0.260 e. The van der Waals surface area contributed by atoms with E-state index in [-0.39, 0.29) is 31.1 Å². The average molecular weight is 306 g/mol. The van der Waals surface area contributed by atoms with Crippen molar-refractivity contribution in [2.24, 2.45) is 11.7 Å². The van der Waals surface area contributed by atoms with Crippen molar-refractivity contribution in [1.82, 2.24) is 4.90 Å². The fourth-order valence-corrected chi connectivity index (χ4v) is 2.62. The lowest BCUT2D eigenvalue weighted by atomic mass is 9.96. The molecular formula is C15H18N2O5. The van der Waals surface area contributed by atoms with Gasteiger partial charge in [0.25, 0.3) is 5.91 Å². The minimum absolute atomic E-state index is 0.0408. The summed E-state index contributed by atoms with van der Waals surface area (Å²) in [5, 5.41) is 0. The van der Waals surface area contributed by atoms with Crippen molar-refractivity contribution in [1.29, 1.82) is 0 Å². The summed E-state index contributed by atoms with van der Waals surface area (Å²) in [7, 11) is 0. The Bertz CT molecular complexity index is 581. The van der Waals surface area contributed by atoms with E-state index >= 15 is 0 Å². The lowest BCUT2D eigenvalue weighted by Crippen LogP contribution is -2.43. The lowest BCUT2D eigenvalue weighted by molar-refractivity contribution is -0.136. The minimum Gasteiger partial charge on any atom is -0.484 e. The Labute approximate surface area is 127 Å².